The maximum absolute atomic E-state index is 12.1. The number of carbonyl (C=O) groups is 3. The third kappa shape index (κ3) is 2.30. The zero-order valence-electron chi connectivity index (χ0n) is 9.87. The van der Waals surface area contributed by atoms with E-state index >= 15 is 0 Å². The lowest BCUT2D eigenvalue weighted by molar-refractivity contribution is -0.389. The van der Waals surface area contributed by atoms with Crippen LogP contribution in [0.4, 0.5) is 5.82 Å². The van der Waals surface area contributed by atoms with Crippen LogP contribution in [0.15, 0.2) is 12.1 Å². The molecule has 2 heterocycles. The topological polar surface area (TPSA) is 125 Å². The first-order chi connectivity index (χ1) is 8.90. The number of hydrogen-bond acceptors (Lipinski definition) is 5. The number of H-pyrrole nitrogens is 1. The summed E-state index contributed by atoms with van der Waals surface area (Å²) in [6.45, 7) is 1.20. The summed E-state index contributed by atoms with van der Waals surface area (Å²) in [7, 11) is 0. The van der Waals surface area contributed by atoms with Crippen molar-refractivity contribution in [3.8, 4) is 0 Å². The van der Waals surface area contributed by atoms with Gasteiger partial charge in [-0.15, -0.1) is 0 Å². The molecule has 2 rings (SSSR count). The molecule has 0 aromatic carbocycles. The fraction of sp³-hybridized carbons (Fsp3) is 0.300. The third-order valence-corrected chi connectivity index (χ3v) is 2.78. The smallest absolute Gasteiger partial charge is 0.321 e. The number of carbonyl (C=O) groups excluding carboxylic acids is 3. The van der Waals surface area contributed by atoms with Crippen molar-refractivity contribution in [2.75, 3.05) is 6.54 Å². The van der Waals surface area contributed by atoms with Crippen molar-refractivity contribution < 1.29 is 19.3 Å². The van der Waals surface area contributed by atoms with Gasteiger partial charge in [0.05, 0.1) is 0 Å². The van der Waals surface area contributed by atoms with Crippen LogP contribution in [0.5, 0.6) is 0 Å². The van der Waals surface area contributed by atoms with E-state index in [9.17, 15) is 24.5 Å². The van der Waals surface area contributed by atoms with Gasteiger partial charge in [-0.2, -0.15) is 0 Å². The molecule has 19 heavy (non-hydrogen) atoms. The van der Waals surface area contributed by atoms with Crippen LogP contribution in [0, 0.1) is 10.1 Å². The highest BCUT2D eigenvalue weighted by molar-refractivity contribution is 6.06. The molecule has 1 aromatic rings. The third-order valence-electron chi connectivity index (χ3n) is 2.78. The number of hydrogen-bond donors (Lipinski definition) is 2. The van der Waals surface area contributed by atoms with E-state index in [1.54, 1.807) is 0 Å². The second-order valence-corrected chi connectivity index (χ2v) is 4.04. The van der Waals surface area contributed by atoms with Crippen LogP contribution < -0.4 is 5.32 Å². The first-order valence-corrected chi connectivity index (χ1v) is 5.38. The summed E-state index contributed by atoms with van der Waals surface area (Å²) >= 11 is 0. The van der Waals surface area contributed by atoms with E-state index in [0.29, 0.717) is 0 Å². The van der Waals surface area contributed by atoms with Crippen LogP contribution in [-0.2, 0) is 9.59 Å². The average molecular weight is 266 g/mol. The molecular formula is C10H10N4O5. The molecular weight excluding hydrogens is 256 g/mol. The number of piperazine rings is 1. The molecule has 2 N–H and O–H groups in total. The molecule has 100 valence electrons. The van der Waals surface area contributed by atoms with Crippen molar-refractivity contribution in [1.82, 2.24) is 15.2 Å². The first kappa shape index (κ1) is 12.7. The maximum Gasteiger partial charge on any atom is 0.321 e. The molecule has 3 amide bonds. The van der Waals surface area contributed by atoms with Crippen molar-refractivity contribution in [3.05, 3.63) is 27.9 Å². The van der Waals surface area contributed by atoms with Gasteiger partial charge < -0.3 is 15.0 Å². The normalized spacial score (nSPS) is 19.2. The minimum absolute atomic E-state index is 0.0407. The van der Waals surface area contributed by atoms with Crippen LogP contribution in [0.1, 0.15) is 17.4 Å². The Bertz CT molecular complexity index is 578. The highest BCUT2D eigenvalue weighted by Crippen LogP contribution is 2.14. The Morgan fingerprint density at radius 2 is 2.16 bits per heavy atom. The number of nitro groups is 1. The van der Waals surface area contributed by atoms with E-state index in [1.165, 1.54) is 13.0 Å². The highest BCUT2D eigenvalue weighted by atomic mass is 16.6. The minimum Gasteiger partial charge on any atom is -0.358 e. The summed E-state index contributed by atoms with van der Waals surface area (Å²) in [5, 5.41) is 12.6. The summed E-state index contributed by atoms with van der Waals surface area (Å²) in [6.07, 6.45) is 0. The van der Waals surface area contributed by atoms with Gasteiger partial charge in [0.1, 0.15) is 12.6 Å². The number of aromatic nitrogens is 1. The molecule has 0 spiro atoms. The summed E-state index contributed by atoms with van der Waals surface area (Å²) in [4.78, 5) is 48.0. The summed E-state index contributed by atoms with van der Waals surface area (Å²) in [5.41, 5.74) is -0.0407. The number of aromatic amines is 1. The maximum atomic E-state index is 12.1. The Kier molecular flexibility index (Phi) is 3.03. The predicted molar refractivity (Wildman–Crippen MR) is 61.1 cm³/mol. The van der Waals surface area contributed by atoms with Crippen LogP contribution in [-0.4, -0.2) is 45.1 Å². The van der Waals surface area contributed by atoms with Crippen LogP contribution >= 0.6 is 0 Å². The van der Waals surface area contributed by atoms with Gasteiger partial charge in [0.15, 0.2) is 5.69 Å². The number of imide groups is 1. The SMILES string of the molecule is CC1C(=O)NC(=O)CN1C(=O)c1ccc([N+](=O)[O-])[nH]1. The Hall–Kier alpha value is -2.71. The van der Waals surface area contributed by atoms with E-state index in [2.05, 4.69) is 10.3 Å². The molecule has 1 fully saturated rings. The molecule has 9 heteroatoms. The van der Waals surface area contributed by atoms with Crippen molar-refractivity contribution in [2.45, 2.75) is 13.0 Å². The Balaban J connectivity index is 2.24. The fourth-order valence-electron chi connectivity index (χ4n) is 1.73. The van der Waals surface area contributed by atoms with E-state index in [4.69, 9.17) is 0 Å². The van der Waals surface area contributed by atoms with Crippen molar-refractivity contribution >= 4 is 23.5 Å². The molecule has 0 bridgehead atoms. The largest absolute Gasteiger partial charge is 0.358 e. The van der Waals surface area contributed by atoms with Crippen LogP contribution in [0.25, 0.3) is 0 Å². The average Bonchev–Trinajstić information content (AvgIpc) is 2.82. The van der Waals surface area contributed by atoms with Gasteiger partial charge in [-0.05, 0) is 17.9 Å². The standard InChI is InChI=1S/C10H10N4O5/c1-5-9(16)12-8(15)4-13(5)10(17)6-2-3-7(11-6)14(18)19/h2-3,5,11H,4H2,1H3,(H,12,15,16). The Morgan fingerprint density at radius 1 is 1.47 bits per heavy atom. The van der Waals surface area contributed by atoms with Gasteiger partial charge in [0.25, 0.3) is 5.91 Å². The molecule has 9 nitrogen and oxygen atoms in total. The van der Waals surface area contributed by atoms with Gasteiger partial charge >= 0.3 is 5.82 Å². The van der Waals surface area contributed by atoms with Gasteiger partial charge in [0.2, 0.25) is 11.8 Å². The molecule has 0 radical (unpaired) electrons. The number of amides is 3. The number of nitrogens with zero attached hydrogens (tertiary/aromatic N) is 2. The van der Waals surface area contributed by atoms with Gasteiger partial charge in [0, 0.05) is 6.07 Å². The zero-order valence-corrected chi connectivity index (χ0v) is 9.87. The molecule has 1 aromatic heterocycles. The van der Waals surface area contributed by atoms with Crippen molar-refractivity contribution in [3.63, 3.8) is 0 Å². The highest BCUT2D eigenvalue weighted by Gasteiger charge is 2.35. The van der Waals surface area contributed by atoms with Gasteiger partial charge in [-0.1, -0.05) is 0 Å². The second kappa shape index (κ2) is 4.52. The zero-order chi connectivity index (χ0) is 14.2. The molecule has 1 atom stereocenters. The summed E-state index contributed by atoms with van der Waals surface area (Å²) in [6, 6.07) is 1.57. The number of rotatable bonds is 2. The van der Waals surface area contributed by atoms with Gasteiger partial charge in [-0.25, -0.2) is 4.98 Å². The summed E-state index contributed by atoms with van der Waals surface area (Å²) < 4.78 is 0. The van der Waals surface area contributed by atoms with E-state index in [0.717, 1.165) is 11.0 Å². The molecule has 1 saturated heterocycles. The Labute approximate surface area is 106 Å². The van der Waals surface area contributed by atoms with Crippen LogP contribution in [0.2, 0.25) is 0 Å². The first-order valence-electron chi connectivity index (χ1n) is 5.38. The van der Waals surface area contributed by atoms with Crippen molar-refractivity contribution in [2.24, 2.45) is 0 Å². The van der Waals surface area contributed by atoms with Crippen LogP contribution in [0.3, 0.4) is 0 Å². The predicted octanol–water partition coefficient (Wildman–Crippen LogP) is -0.590. The Morgan fingerprint density at radius 3 is 2.74 bits per heavy atom. The molecule has 1 unspecified atom stereocenters. The van der Waals surface area contributed by atoms with E-state index in [1.807, 2.05) is 0 Å². The van der Waals surface area contributed by atoms with Gasteiger partial charge in [-0.3, -0.25) is 19.7 Å². The van der Waals surface area contributed by atoms with Crippen molar-refractivity contribution in [1.29, 1.82) is 0 Å². The van der Waals surface area contributed by atoms with E-state index in [-0.39, 0.29) is 18.1 Å². The second-order valence-electron chi connectivity index (χ2n) is 4.04. The molecule has 1 aliphatic heterocycles. The molecule has 1 aliphatic rings. The lowest BCUT2D eigenvalue weighted by atomic mass is 10.2. The summed E-state index contributed by atoms with van der Waals surface area (Å²) in [5.74, 6) is -2.13. The van der Waals surface area contributed by atoms with E-state index < -0.39 is 28.7 Å². The molecule has 0 saturated carbocycles. The fourth-order valence-corrected chi connectivity index (χ4v) is 1.73. The number of nitrogens with one attached hydrogen (secondary N) is 2. The lowest BCUT2D eigenvalue weighted by Gasteiger charge is -2.30. The quantitative estimate of drug-likeness (QED) is 0.420. The minimum atomic E-state index is -0.812. The monoisotopic (exact) mass is 266 g/mol. The lowest BCUT2D eigenvalue weighted by Crippen LogP contribution is -2.58. The molecule has 0 aliphatic carbocycles.